The van der Waals surface area contributed by atoms with Gasteiger partial charge in [0.15, 0.2) is 0 Å². The van der Waals surface area contributed by atoms with Gasteiger partial charge in [-0.25, -0.2) is 4.98 Å². The van der Waals surface area contributed by atoms with Crippen molar-refractivity contribution in [3.63, 3.8) is 0 Å². The number of para-hydroxylation sites is 2. The van der Waals surface area contributed by atoms with Gasteiger partial charge in [-0.3, -0.25) is 0 Å². The van der Waals surface area contributed by atoms with Crippen molar-refractivity contribution >= 4 is 11.0 Å². The highest BCUT2D eigenvalue weighted by atomic mass is 15.1. The Bertz CT molecular complexity index is 515. The summed E-state index contributed by atoms with van der Waals surface area (Å²) < 4.78 is 2.28. The summed E-state index contributed by atoms with van der Waals surface area (Å²) in [4.78, 5) is 4.74. The van der Waals surface area contributed by atoms with Gasteiger partial charge in [0.2, 0.25) is 0 Å². The zero-order valence-corrected chi connectivity index (χ0v) is 11.6. The van der Waals surface area contributed by atoms with Crippen molar-refractivity contribution in [1.82, 2.24) is 9.55 Å². The summed E-state index contributed by atoms with van der Waals surface area (Å²) in [6.07, 6.45) is 2.18. The van der Waals surface area contributed by atoms with E-state index in [1.807, 2.05) is 6.07 Å². The monoisotopic (exact) mass is 245 g/mol. The van der Waals surface area contributed by atoms with Gasteiger partial charge in [-0.15, -0.1) is 0 Å². The first-order valence-electron chi connectivity index (χ1n) is 6.89. The van der Waals surface area contributed by atoms with E-state index in [2.05, 4.69) is 43.5 Å². The molecule has 2 aromatic rings. The fourth-order valence-corrected chi connectivity index (χ4v) is 2.32. The highest BCUT2D eigenvalue weighted by molar-refractivity contribution is 5.76. The van der Waals surface area contributed by atoms with E-state index < -0.39 is 0 Å². The van der Waals surface area contributed by atoms with Crippen LogP contribution in [0.5, 0.6) is 0 Å². The Morgan fingerprint density at radius 1 is 1.28 bits per heavy atom. The number of hydrogen-bond acceptors (Lipinski definition) is 2. The molecule has 2 N–H and O–H groups in total. The van der Waals surface area contributed by atoms with Crippen LogP contribution < -0.4 is 5.73 Å². The van der Waals surface area contributed by atoms with Crippen LogP contribution in [0.1, 0.15) is 45.5 Å². The number of rotatable bonds is 5. The molecule has 18 heavy (non-hydrogen) atoms. The van der Waals surface area contributed by atoms with Crippen molar-refractivity contribution in [2.75, 3.05) is 0 Å². The van der Waals surface area contributed by atoms with Crippen LogP contribution in [0.4, 0.5) is 0 Å². The van der Waals surface area contributed by atoms with Crippen molar-refractivity contribution in [1.29, 1.82) is 0 Å². The van der Waals surface area contributed by atoms with E-state index in [1.54, 1.807) is 0 Å². The van der Waals surface area contributed by atoms with Gasteiger partial charge in [0, 0.05) is 6.54 Å². The molecule has 0 saturated heterocycles. The van der Waals surface area contributed by atoms with Crippen molar-refractivity contribution < 1.29 is 0 Å². The molecule has 1 heterocycles. The van der Waals surface area contributed by atoms with Gasteiger partial charge in [0.05, 0.1) is 17.1 Å². The first-order chi connectivity index (χ1) is 8.69. The van der Waals surface area contributed by atoms with Gasteiger partial charge in [0.1, 0.15) is 5.82 Å². The molecule has 0 spiro atoms. The summed E-state index contributed by atoms with van der Waals surface area (Å²) in [6.45, 7) is 7.55. The lowest BCUT2D eigenvalue weighted by Crippen LogP contribution is -2.23. The Hall–Kier alpha value is -1.35. The number of aryl methyl sites for hydroxylation is 1. The van der Waals surface area contributed by atoms with Crippen molar-refractivity contribution in [2.45, 2.75) is 46.2 Å². The lowest BCUT2D eigenvalue weighted by atomic mass is 9.99. The van der Waals surface area contributed by atoms with Crippen molar-refractivity contribution in [3.8, 4) is 0 Å². The average molecular weight is 245 g/mol. The fourth-order valence-electron chi connectivity index (χ4n) is 2.32. The zero-order valence-electron chi connectivity index (χ0n) is 11.6. The quantitative estimate of drug-likeness (QED) is 0.876. The summed E-state index contributed by atoms with van der Waals surface area (Å²) in [7, 11) is 0. The van der Waals surface area contributed by atoms with E-state index in [1.165, 1.54) is 5.52 Å². The fraction of sp³-hybridized carbons (Fsp3) is 0.533. The number of imidazole rings is 1. The second-order valence-corrected chi connectivity index (χ2v) is 5.02. The zero-order chi connectivity index (χ0) is 13.1. The third-order valence-electron chi connectivity index (χ3n) is 3.69. The minimum Gasteiger partial charge on any atom is -0.327 e. The number of hydrogen-bond donors (Lipinski definition) is 1. The summed E-state index contributed by atoms with van der Waals surface area (Å²) in [6, 6.07) is 8.31. The van der Waals surface area contributed by atoms with Crippen LogP contribution in [0.25, 0.3) is 11.0 Å². The molecule has 3 heteroatoms. The molecule has 0 aliphatic heterocycles. The van der Waals surface area contributed by atoms with Crippen LogP contribution in [-0.2, 0) is 6.54 Å². The average Bonchev–Trinajstić information content (AvgIpc) is 2.76. The van der Waals surface area contributed by atoms with E-state index >= 15 is 0 Å². The van der Waals surface area contributed by atoms with E-state index in [0.717, 1.165) is 30.7 Å². The van der Waals surface area contributed by atoms with Gasteiger partial charge in [-0.2, -0.15) is 0 Å². The largest absolute Gasteiger partial charge is 0.327 e. The first-order valence-corrected chi connectivity index (χ1v) is 6.89. The lowest BCUT2D eigenvalue weighted by molar-refractivity contribution is 0.424. The normalized spacial score (nSPS) is 14.9. The van der Waals surface area contributed by atoms with Gasteiger partial charge in [-0.05, 0) is 24.5 Å². The number of fused-ring (bicyclic) bond motifs is 1. The molecule has 0 aliphatic rings. The predicted molar refractivity (Wildman–Crippen MR) is 76.4 cm³/mol. The van der Waals surface area contributed by atoms with Crippen LogP contribution in [0.15, 0.2) is 24.3 Å². The molecule has 1 aromatic heterocycles. The van der Waals surface area contributed by atoms with Crippen molar-refractivity contribution in [3.05, 3.63) is 30.1 Å². The molecular formula is C15H23N3. The van der Waals surface area contributed by atoms with Crippen LogP contribution in [0.2, 0.25) is 0 Å². The molecule has 0 amide bonds. The van der Waals surface area contributed by atoms with Crippen LogP contribution >= 0.6 is 0 Å². The number of benzene rings is 1. The first kappa shape index (κ1) is 13.1. The summed E-state index contributed by atoms with van der Waals surface area (Å²) in [5, 5.41) is 0. The number of aromatic nitrogens is 2. The molecule has 98 valence electrons. The summed E-state index contributed by atoms with van der Waals surface area (Å²) in [5.41, 5.74) is 8.62. The second kappa shape index (κ2) is 5.53. The van der Waals surface area contributed by atoms with Crippen LogP contribution in [0, 0.1) is 5.92 Å². The molecular weight excluding hydrogens is 222 g/mol. The Kier molecular flexibility index (Phi) is 4.02. The predicted octanol–water partition coefficient (Wildman–Crippen LogP) is 3.49. The molecule has 2 atom stereocenters. The van der Waals surface area contributed by atoms with Crippen LogP contribution in [-0.4, -0.2) is 9.55 Å². The van der Waals surface area contributed by atoms with Gasteiger partial charge in [0.25, 0.3) is 0 Å². The second-order valence-electron chi connectivity index (χ2n) is 5.02. The Morgan fingerprint density at radius 2 is 2.00 bits per heavy atom. The van der Waals surface area contributed by atoms with Gasteiger partial charge >= 0.3 is 0 Å². The smallest absolute Gasteiger partial charge is 0.127 e. The lowest BCUT2D eigenvalue weighted by Gasteiger charge is -2.19. The highest BCUT2D eigenvalue weighted by Gasteiger charge is 2.20. The topological polar surface area (TPSA) is 43.8 Å². The molecule has 0 saturated carbocycles. The molecule has 1 aromatic carbocycles. The van der Waals surface area contributed by atoms with E-state index in [0.29, 0.717) is 5.92 Å². The van der Waals surface area contributed by atoms with Gasteiger partial charge in [-0.1, -0.05) is 39.3 Å². The third kappa shape index (κ3) is 2.27. The highest BCUT2D eigenvalue weighted by Crippen LogP contribution is 2.25. The minimum absolute atomic E-state index is 0.0222. The van der Waals surface area contributed by atoms with Crippen LogP contribution in [0.3, 0.4) is 0 Å². The molecule has 0 aliphatic carbocycles. The molecule has 2 unspecified atom stereocenters. The van der Waals surface area contributed by atoms with Gasteiger partial charge < -0.3 is 10.3 Å². The number of nitrogens with zero attached hydrogens (tertiary/aromatic N) is 2. The Labute approximate surface area is 109 Å². The molecule has 2 rings (SSSR count). The Morgan fingerprint density at radius 3 is 2.67 bits per heavy atom. The maximum Gasteiger partial charge on any atom is 0.127 e. The summed E-state index contributed by atoms with van der Waals surface area (Å²) >= 11 is 0. The van der Waals surface area contributed by atoms with E-state index in [4.69, 9.17) is 10.7 Å². The maximum absolute atomic E-state index is 6.36. The maximum atomic E-state index is 6.36. The molecule has 0 bridgehead atoms. The van der Waals surface area contributed by atoms with E-state index in [9.17, 15) is 0 Å². The Balaban J connectivity index is 2.51. The SMILES string of the molecule is CCCn1c(C(N)C(C)CC)nc2ccccc21. The number of nitrogens with two attached hydrogens (primary N) is 1. The van der Waals surface area contributed by atoms with Crippen molar-refractivity contribution in [2.24, 2.45) is 11.7 Å². The standard InChI is InChI=1S/C15H23N3/c1-4-10-18-13-9-7-6-8-12(13)17-15(18)14(16)11(3)5-2/h6-9,11,14H,4-5,10,16H2,1-3H3. The molecule has 3 nitrogen and oxygen atoms in total. The summed E-state index contributed by atoms with van der Waals surface area (Å²) in [5.74, 6) is 1.49. The minimum atomic E-state index is 0.0222. The molecule has 0 radical (unpaired) electrons. The van der Waals surface area contributed by atoms with E-state index in [-0.39, 0.29) is 6.04 Å². The third-order valence-corrected chi connectivity index (χ3v) is 3.69. The molecule has 0 fully saturated rings.